The van der Waals surface area contributed by atoms with Crippen LogP contribution in [-0.4, -0.2) is 33.7 Å². The number of nitrogens with one attached hydrogen (secondary N) is 1. The van der Waals surface area contributed by atoms with E-state index in [-0.39, 0.29) is 22.6 Å². The second kappa shape index (κ2) is 6.25. The van der Waals surface area contributed by atoms with Gasteiger partial charge in [0.15, 0.2) is 10.9 Å². The van der Waals surface area contributed by atoms with E-state index in [1.54, 1.807) is 31.4 Å². The second-order valence-electron chi connectivity index (χ2n) is 3.85. The number of H-pyrrole nitrogens is 1. The largest absolute Gasteiger partial charge is 0.497 e. The summed E-state index contributed by atoms with van der Waals surface area (Å²) in [6.07, 6.45) is 0. The number of carbonyl (C=O) groups excluding carboxylic acids is 1. The SMILES string of the molecule is COc1ccc(C(=O)CSc2nc(O)cc(=O)[nH]2)cc1. The summed E-state index contributed by atoms with van der Waals surface area (Å²) >= 11 is 1.05. The Morgan fingerprint density at radius 2 is 2.10 bits per heavy atom. The highest BCUT2D eigenvalue weighted by Crippen LogP contribution is 2.17. The van der Waals surface area contributed by atoms with Gasteiger partial charge in [0, 0.05) is 5.56 Å². The van der Waals surface area contributed by atoms with Gasteiger partial charge < -0.3 is 14.8 Å². The van der Waals surface area contributed by atoms with Crippen LogP contribution in [0.1, 0.15) is 10.4 Å². The molecular formula is C13H12N2O4S. The summed E-state index contributed by atoms with van der Waals surface area (Å²) in [5, 5.41) is 9.40. The van der Waals surface area contributed by atoms with Gasteiger partial charge in [-0.3, -0.25) is 9.59 Å². The van der Waals surface area contributed by atoms with Gasteiger partial charge >= 0.3 is 0 Å². The molecule has 0 saturated heterocycles. The lowest BCUT2D eigenvalue weighted by atomic mass is 10.1. The standard InChI is InChI=1S/C13H12N2O4S/c1-19-9-4-2-8(3-5-9)10(16)7-20-13-14-11(17)6-12(18)15-13/h2-6H,7H2,1H3,(H2,14,15,17,18). The minimum absolute atomic E-state index is 0.108. The number of aromatic hydroxyl groups is 1. The number of ketones is 1. The van der Waals surface area contributed by atoms with Crippen LogP contribution in [-0.2, 0) is 0 Å². The lowest BCUT2D eigenvalue weighted by Crippen LogP contribution is -2.08. The van der Waals surface area contributed by atoms with Crippen molar-refractivity contribution < 1.29 is 14.6 Å². The van der Waals surface area contributed by atoms with E-state index in [4.69, 9.17) is 4.74 Å². The molecule has 0 aliphatic carbocycles. The third-order valence-corrected chi connectivity index (χ3v) is 3.33. The molecule has 6 nitrogen and oxygen atoms in total. The number of Topliss-reactive ketones (excluding diaryl/α,β-unsaturated/α-hetero) is 1. The molecular weight excluding hydrogens is 280 g/mol. The fraction of sp³-hybridized carbons (Fsp3) is 0.154. The van der Waals surface area contributed by atoms with Gasteiger partial charge in [-0.2, -0.15) is 4.98 Å². The summed E-state index contributed by atoms with van der Waals surface area (Å²) < 4.78 is 5.01. The molecule has 0 radical (unpaired) electrons. The average molecular weight is 292 g/mol. The maximum Gasteiger partial charge on any atom is 0.255 e. The third kappa shape index (κ3) is 3.61. The molecule has 0 bridgehead atoms. The zero-order valence-electron chi connectivity index (χ0n) is 10.6. The summed E-state index contributed by atoms with van der Waals surface area (Å²) in [7, 11) is 1.55. The van der Waals surface area contributed by atoms with Crippen LogP contribution >= 0.6 is 11.8 Å². The molecule has 1 heterocycles. The van der Waals surface area contributed by atoms with Crippen LogP contribution in [0.25, 0.3) is 0 Å². The fourth-order valence-corrected chi connectivity index (χ4v) is 2.25. The van der Waals surface area contributed by atoms with E-state index in [1.165, 1.54) is 0 Å². The van der Waals surface area contributed by atoms with Crippen LogP contribution < -0.4 is 10.3 Å². The first-order chi connectivity index (χ1) is 9.58. The Morgan fingerprint density at radius 1 is 1.40 bits per heavy atom. The molecule has 0 atom stereocenters. The maximum atomic E-state index is 11.9. The van der Waals surface area contributed by atoms with Gasteiger partial charge in [0.1, 0.15) is 5.75 Å². The number of aromatic amines is 1. The van der Waals surface area contributed by atoms with Crippen LogP contribution in [0.4, 0.5) is 0 Å². The van der Waals surface area contributed by atoms with Crippen molar-refractivity contribution in [2.24, 2.45) is 0 Å². The van der Waals surface area contributed by atoms with Crippen molar-refractivity contribution in [2.45, 2.75) is 5.16 Å². The Hall–Kier alpha value is -2.28. The van der Waals surface area contributed by atoms with Gasteiger partial charge in [0.2, 0.25) is 5.88 Å². The summed E-state index contributed by atoms with van der Waals surface area (Å²) in [6.45, 7) is 0. The summed E-state index contributed by atoms with van der Waals surface area (Å²) in [4.78, 5) is 29.2. The molecule has 0 aliphatic rings. The van der Waals surface area contributed by atoms with Crippen LogP contribution in [0.2, 0.25) is 0 Å². The molecule has 7 heteroatoms. The third-order valence-electron chi connectivity index (χ3n) is 2.46. The van der Waals surface area contributed by atoms with E-state index in [0.29, 0.717) is 11.3 Å². The first kappa shape index (κ1) is 14.1. The van der Waals surface area contributed by atoms with Crippen LogP contribution in [0, 0.1) is 0 Å². The van der Waals surface area contributed by atoms with E-state index in [9.17, 15) is 14.7 Å². The highest BCUT2D eigenvalue weighted by atomic mass is 32.2. The topological polar surface area (TPSA) is 92.3 Å². The molecule has 0 aliphatic heterocycles. The number of nitrogens with zero attached hydrogens (tertiary/aromatic N) is 1. The number of aromatic nitrogens is 2. The zero-order chi connectivity index (χ0) is 14.5. The Morgan fingerprint density at radius 3 is 2.70 bits per heavy atom. The number of benzene rings is 1. The van der Waals surface area contributed by atoms with Crippen molar-refractivity contribution in [1.29, 1.82) is 0 Å². The number of hydrogen-bond donors (Lipinski definition) is 2. The summed E-state index contributed by atoms with van der Waals surface area (Å²) in [5.41, 5.74) is 0.0812. The summed E-state index contributed by atoms with van der Waals surface area (Å²) in [5.74, 6) is 0.309. The molecule has 104 valence electrons. The van der Waals surface area contributed by atoms with Gasteiger partial charge in [-0.25, -0.2) is 0 Å². The Bertz CT molecular complexity index is 667. The smallest absolute Gasteiger partial charge is 0.255 e. The molecule has 2 aromatic rings. The Labute approximate surface area is 118 Å². The Kier molecular flexibility index (Phi) is 4.41. The van der Waals surface area contributed by atoms with Crippen molar-refractivity contribution in [2.75, 3.05) is 12.9 Å². The number of methoxy groups -OCH3 is 1. The maximum absolute atomic E-state index is 11.9. The van der Waals surface area contributed by atoms with E-state index in [0.717, 1.165) is 17.8 Å². The Balaban J connectivity index is 2.02. The molecule has 1 aromatic carbocycles. The highest BCUT2D eigenvalue weighted by molar-refractivity contribution is 7.99. The monoisotopic (exact) mass is 292 g/mol. The normalized spacial score (nSPS) is 10.2. The first-order valence-electron chi connectivity index (χ1n) is 5.69. The van der Waals surface area contributed by atoms with Crippen molar-refractivity contribution in [3.63, 3.8) is 0 Å². The van der Waals surface area contributed by atoms with Gasteiger partial charge in [-0.1, -0.05) is 11.8 Å². The lowest BCUT2D eigenvalue weighted by molar-refractivity contribution is 0.102. The molecule has 0 unspecified atom stereocenters. The molecule has 0 spiro atoms. The molecule has 0 fully saturated rings. The van der Waals surface area contributed by atoms with Gasteiger partial charge in [0.05, 0.1) is 18.9 Å². The van der Waals surface area contributed by atoms with Gasteiger partial charge in [0.25, 0.3) is 5.56 Å². The number of hydrogen-bond acceptors (Lipinski definition) is 6. The minimum Gasteiger partial charge on any atom is -0.497 e. The van der Waals surface area contributed by atoms with E-state index in [2.05, 4.69) is 9.97 Å². The van der Waals surface area contributed by atoms with Gasteiger partial charge in [-0.15, -0.1) is 0 Å². The molecule has 0 amide bonds. The number of carbonyl (C=O) groups is 1. The van der Waals surface area contributed by atoms with Crippen LogP contribution in [0.3, 0.4) is 0 Å². The number of rotatable bonds is 5. The molecule has 0 saturated carbocycles. The van der Waals surface area contributed by atoms with E-state index >= 15 is 0 Å². The number of thioether (sulfide) groups is 1. The lowest BCUT2D eigenvalue weighted by Gasteiger charge is -2.03. The van der Waals surface area contributed by atoms with E-state index in [1.807, 2.05) is 0 Å². The first-order valence-corrected chi connectivity index (χ1v) is 6.67. The van der Waals surface area contributed by atoms with Gasteiger partial charge in [-0.05, 0) is 24.3 Å². The highest BCUT2D eigenvalue weighted by Gasteiger charge is 2.08. The van der Waals surface area contributed by atoms with Crippen LogP contribution in [0.5, 0.6) is 11.6 Å². The predicted octanol–water partition coefficient (Wildman–Crippen LogP) is 1.46. The van der Waals surface area contributed by atoms with Crippen molar-refractivity contribution in [3.05, 3.63) is 46.2 Å². The van der Waals surface area contributed by atoms with Crippen molar-refractivity contribution in [3.8, 4) is 11.6 Å². The second-order valence-corrected chi connectivity index (χ2v) is 4.81. The number of ether oxygens (including phenoxy) is 1. The van der Waals surface area contributed by atoms with E-state index < -0.39 is 5.56 Å². The van der Waals surface area contributed by atoms with Crippen LogP contribution in [0.15, 0.2) is 40.3 Å². The molecule has 1 aromatic heterocycles. The molecule has 2 rings (SSSR count). The quantitative estimate of drug-likeness (QED) is 0.492. The fourth-order valence-electron chi connectivity index (χ4n) is 1.49. The molecule has 20 heavy (non-hydrogen) atoms. The zero-order valence-corrected chi connectivity index (χ0v) is 11.4. The molecule has 2 N–H and O–H groups in total. The summed E-state index contributed by atoms with van der Waals surface area (Å²) in [6, 6.07) is 7.70. The predicted molar refractivity (Wildman–Crippen MR) is 74.6 cm³/mol. The minimum atomic E-state index is -0.461. The van der Waals surface area contributed by atoms with Crippen molar-refractivity contribution in [1.82, 2.24) is 9.97 Å². The van der Waals surface area contributed by atoms with Crippen molar-refractivity contribution >= 4 is 17.5 Å². The average Bonchev–Trinajstić information content (AvgIpc) is 2.44.